The Labute approximate surface area is 76.6 Å². The van der Waals surface area contributed by atoms with E-state index in [9.17, 15) is 9.59 Å². The standard InChI is InChI=1S/C9H11ClO2/c1-4-5(2)9(12)7(10)6(3)8(4)11/h6-7H,1-3H3. The molecule has 0 aromatic carbocycles. The number of carbonyl (C=O) groups is 2. The minimum absolute atomic E-state index is 0.00731. The summed E-state index contributed by atoms with van der Waals surface area (Å²) in [4.78, 5) is 22.7. The molecule has 0 aliphatic heterocycles. The molecule has 1 rings (SSSR count). The van der Waals surface area contributed by atoms with Crippen molar-refractivity contribution in [2.45, 2.75) is 26.1 Å². The number of halogens is 1. The average molecular weight is 187 g/mol. The van der Waals surface area contributed by atoms with Crippen LogP contribution >= 0.6 is 11.6 Å². The number of carbonyl (C=O) groups excluding carboxylic acids is 2. The topological polar surface area (TPSA) is 34.1 Å². The van der Waals surface area contributed by atoms with Crippen LogP contribution in [-0.4, -0.2) is 16.9 Å². The van der Waals surface area contributed by atoms with Gasteiger partial charge >= 0.3 is 0 Å². The molecular weight excluding hydrogens is 176 g/mol. The minimum atomic E-state index is -0.666. The van der Waals surface area contributed by atoms with E-state index >= 15 is 0 Å². The van der Waals surface area contributed by atoms with Crippen molar-refractivity contribution in [1.82, 2.24) is 0 Å². The largest absolute Gasteiger partial charge is 0.294 e. The number of alkyl halides is 1. The van der Waals surface area contributed by atoms with Crippen LogP contribution in [0.4, 0.5) is 0 Å². The fourth-order valence-corrected chi connectivity index (χ4v) is 1.56. The lowest BCUT2D eigenvalue weighted by molar-refractivity contribution is -0.125. The quantitative estimate of drug-likeness (QED) is 0.540. The normalized spacial score (nSPS) is 31.3. The molecule has 12 heavy (non-hydrogen) atoms. The van der Waals surface area contributed by atoms with Crippen molar-refractivity contribution >= 4 is 23.2 Å². The van der Waals surface area contributed by atoms with Crippen LogP contribution in [0.15, 0.2) is 11.1 Å². The van der Waals surface area contributed by atoms with Crippen LogP contribution < -0.4 is 0 Å². The third kappa shape index (κ3) is 1.20. The third-order valence-corrected chi connectivity index (χ3v) is 2.98. The van der Waals surface area contributed by atoms with Crippen molar-refractivity contribution in [2.75, 3.05) is 0 Å². The Morgan fingerprint density at radius 3 is 2.00 bits per heavy atom. The summed E-state index contributed by atoms with van der Waals surface area (Å²) >= 11 is 5.77. The average Bonchev–Trinajstić information content (AvgIpc) is 2.08. The summed E-state index contributed by atoms with van der Waals surface area (Å²) in [7, 11) is 0. The Balaban J connectivity index is 3.17. The fourth-order valence-electron chi connectivity index (χ4n) is 1.28. The van der Waals surface area contributed by atoms with Gasteiger partial charge in [-0.1, -0.05) is 6.92 Å². The Morgan fingerprint density at radius 2 is 1.50 bits per heavy atom. The highest BCUT2D eigenvalue weighted by atomic mass is 35.5. The zero-order valence-electron chi connectivity index (χ0n) is 7.35. The second-order valence-corrected chi connectivity index (χ2v) is 3.64. The van der Waals surface area contributed by atoms with Gasteiger partial charge in [-0.3, -0.25) is 9.59 Å². The molecular formula is C9H11ClO2. The number of ketones is 2. The van der Waals surface area contributed by atoms with E-state index in [2.05, 4.69) is 0 Å². The Morgan fingerprint density at radius 1 is 1.08 bits per heavy atom. The zero-order chi connectivity index (χ0) is 9.46. The number of hydrogen-bond acceptors (Lipinski definition) is 2. The van der Waals surface area contributed by atoms with Crippen molar-refractivity contribution < 1.29 is 9.59 Å². The molecule has 1 aliphatic carbocycles. The minimum Gasteiger partial charge on any atom is -0.294 e. The van der Waals surface area contributed by atoms with Gasteiger partial charge in [0, 0.05) is 11.5 Å². The molecule has 3 heteroatoms. The maximum absolute atomic E-state index is 11.4. The lowest BCUT2D eigenvalue weighted by atomic mass is 9.84. The summed E-state index contributed by atoms with van der Waals surface area (Å²) in [6, 6.07) is 0. The smallest absolute Gasteiger partial charge is 0.177 e. The summed E-state index contributed by atoms with van der Waals surface area (Å²) in [5.74, 6) is -0.490. The van der Waals surface area contributed by atoms with Gasteiger partial charge < -0.3 is 0 Å². The SMILES string of the molecule is CC1=C(C)C(=O)C(Cl)C(C)C1=O. The van der Waals surface area contributed by atoms with Gasteiger partial charge in [0.2, 0.25) is 0 Å². The molecule has 0 aromatic rings. The van der Waals surface area contributed by atoms with E-state index < -0.39 is 5.38 Å². The molecule has 0 bridgehead atoms. The monoisotopic (exact) mass is 186 g/mol. The predicted molar refractivity (Wildman–Crippen MR) is 47.2 cm³/mol. The molecule has 0 heterocycles. The van der Waals surface area contributed by atoms with E-state index in [0.717, 1.165) is 0 Å². The highest BCUT2D eigenvalue weighted by molar-refractivity contribution is 6.37. The number of allylic oxidation sites excluding steroid dienone is 2. The zero-order valence-corrected chi connectivity index (χ0v) is 8.11. The van der Waals surface area contributed by atoms with Crippen LogP contribution in [0.5, 0.6) is 0 Å². The molecule has 0 fully saturated rings. The second-order valence-electron chi connectivity index (χ2n) is 3.17. The first-order valence-electron chi connectivity index (χ1n) is 3.86. The summed E-state index contributed by atoms with van der Waals surface area (Å²) < 4.78 is 0. The molecule has 0 amide bonds. The van der Waals surface area contributed by atoms with Gasteiger partial charge in [-0.05, 0) is 19.4 Å². The van der Waals surface area contributed by atoms with Gasteiger partial charge in [0.1, 0.15) is 5.38 Å². The molecule has 0 saturated carbocycles. The van der Waals surface area contributed by atoms with Gasteiger partial charge in [0.05, 0.1) is 0 Å². The summed E-state index contributed by atoms with van der Waals surface area (Å²) in [6.07, 6.45) is 0. The number of rotatable bonds is 0. The van der Waals surface area contributed by atoms with E-state index in [1.54, 1.807) is 20.8 Å². The maximum Gasteiger partial charge on any atom is 0.177 e. The summed E-state index contributed by atoms with van der Waals surface area (Å²) in [6.45, 7) is 5.01. The first-order valence-corrected chi connectivity index (χ1v) is 4.30. The van der Waals surface area contributed by atoms with Gasteiger partial charge in [0.15, 0.2) is 11.6 Å². The van der Waals surface area contributed by atoms with E-state index in [-0.39, 0.29) is 17.5 Å². The first kappa shape index (κ1) is 9.46. The molecule has 0 radical (unpaired) electrons. The van der Waals surface area contributed by atoms with Crippen LogP contribution in [0.3, 0.4) is 0 Å². The Bertz CT molecular complexity index is 250. The van der Waals surface area contributed by atoms with Gasteiger partial charge in [0.25, 0.3) is 0 Å². The maximum atomic E-state index is 11.4. The molecule has 0 N–H and O–H groups in total. The van der Waals surface area contributed by atoms with Crippen molar-refractivity contribution in [3.63, 3.8) is 0 Å². The van der Waals surface area contributed by atoms with Crippen molar-refractivity contribution in [3.05, 3.63) is 11.1 Å². The second kappa shape index (κ2) is 3.02. The summed E-state index contributed by atoms with van der Waals surface area (Å²) in [5.41, 5.74) is 1.07. The van der Waals surface area contributed by atoms with E-state index in [1.807, 2.05) is 0 Å². The van der Waals surface area contributed by atoms with Crippen LogP contribution in [0, 0.1) is 5.92 Å². The Kier molecular flexibility index (Phi) is 2.38. The highest BCUT2D eigenvalue weighted by Crippen LogP contribution is 2.26. The van der Waals surface area contributed by atoms with Gasteiger partial charge in [-0.25, -0.2) is 0 Å². The van der Waals surface area contributed by atoms with Crippen molar-refractivity contribution in [2.24, 2.45) is 5.92 Å². The van der Waals surface area contributed by atoms with Gasteiger partial charge in [-0.2, -0.15) is 0 Å². The van der Waals surface area contributed by atoms with Crippen LogP contribution in [-0.2, 0) is 9.59 Å². The molecule has 0 aromatic heterocycles. The van der Waals surface area contributed by atoms with Crippen LogP contribution in [0.1, 0.15) is 20.8 Å². The molecule has 66 valence electrons. The molecule has 0 spiro atoms. The van der Waals surface area contributed by atoms with E-state index in [0.29, 0.717) is 11.1 Å². The van der Waals surface area contributed by atoms with Crippen molar-refractivity contribution in [3.8, 4) is 0 Å². The highest BCUT2D eigenvalue weighted by Gasteiger charge is 2.35. The number of hydrogen-bond donors (Lipinski definition) is 0. The predicted octanol–water partition coefficient (Wildman–Crippen LogP) is 1.72. The first-order chi connectivity index (χ1) is 5.46. The molecule has 2 atom stereocenters. The fraction of sp³-hybridized carbons (Fsp3) is 0.556. The lowest BCUT2D eigenvalue weighted by Gasteiger charge is -2.23. The van der Waals surface area contributed by atoms with Gasteiger partial charge in [-0.15, -0.1) is 11.6 Å². The Hall–Kier alpha value is -0.630. The van der Waals surface area contributed by atoms with Crippen LogP contribution in [0.25, 0.3) is 0 Å². The lowest BCUT2D eigenvalue weighted by Crippen LogP contribution is -2.35. The van der Waals surface area contributed by atoms with E-state index in [4.69, 9.17) is 11.6 Å². The molecule has 1 aliphatic rings. The van der Waals surface area contributed by atoms with Crippen molar-refractivity contribution in [1.29, 1.82) is 0 Å². The molecule has 2 nitrogen and oxygen atoms in total. The third-order valence-electron chi connectivity index (χ3n) is 2.40. The molecule has 2 unspecified atom stereocenters. The van der Waals surface area contributed by atoms with Crippen LogP contribution in [0.2, 0.25) is 0 Å². The summed E-state index contributed by atoms with van der Waals surface area (Å²) in [5, 5.41) is -0.666. The molecule has 0 saturated heterocycles. The van der Waals surface area contributed by atoms with E-state index in [1.165, 1.54) is 0 Å². The number of Topliss-reactive ketones (excluding diaryl/α,β-unsaturated/α-hetero) is 2.